The molecule has 2 aromatic carbocycles. The summed E-state index contributed by atoms with van der Waals surface area (Å²) < 4.78 is 0. The topological polar surface area (TPSA) is 57.5 Å². The number of aliphatic carboxylic acids is 1. The molecule has 0 aromatic heterocycles. The number of aliphatic hydroxyl groups is 1. The lowest BCUT2D eigenvalue weighted by Crippen LogP contribution is -2.23. The molecule has 0 saturated heterocycles. The van der Waals surface area contributed by atoms with Crippen LogP contribution in [0.3, 0.4) is 0 Å². The summed E-state index contributed by atoms with van der Waals surface area (Å²) in [5, 5.41) is 18.2. The lowest BCUT2D eigenvalue weighted by molar-refractivity contribution is -0.134. The van der Waals surface area contributed by atoms with Gasteiger partial charge in [-0.2, -0.15) is 0 Å². The van der Waals surface area contributed by atoms with E-state index in [-0.39, 0.29) is 0 Å². The molecule has 3 heteroatoms. The van der Waals surface area contributed by atoms with Gasteiger partial charge in [-0.25, -0.2) is 0 Å². The predicted molar refractivity (Wildman–Crippen MR) is 77.5 cm³/mol. The summed E-state index contributed by atoms with van der Waals surface area (Å²) in [6.07, 6.45) is 1.75. The average Bonchev–Trinajstić information content (AvgIpc) is 2.79. The van der Waals surface area contributed by atoms with Crippen molar-refractivity contribution in [2.75, 3.05) is 0 Å². The summed E-state index contributed by atoms with van der Waals surface area (Å²) in [6, 6.07) is 18.1. The van der Waals surface area contributed by atoms with Crippen LogP contribution in [0.5, 0.6) is 0 Å². The van der Waals surface area contributed by atoms with Crippen LogP contribution >= 0.6 is 0 Å². The van der Waals surface area contributed by atoms with Crippen molar-refractivity contribution in [3.05, 3.63) is 71.3 Å². The van der Waals surface area contributed by atoms with Crippen molar-refractivity contribution in [2.45, 2.75) is 25.4 Å². The first kappa shape index (κ1) is 14.3. The van der Waals surface area contributed by atoms with E-state index in [0.717, 1.165) is 30.9 Å². The molecule has 3 nitrogen and oxygen atoms in total. The molecule has 20 heavy (non-hydrogen) atoms. The molecule has 0 aliphatic heterocycles. The van der Waals surface area contributed by atoms with Crippen molar-refractivity contribution in [3.8, 4) is 0 Å². The number of fused-ring (bicyclic) bond motifs is 1. The number of carboxylic acid groups (broad SMARTS) is 1. The monoisotopic (exact) mass is 270 g/mol. The van der Waals surface area contributed by atoms with Crippen LogP contribution < -0.4 is 0 Å². The molecule has 0 saturated carbocycles. The van der Waals surface area contributed by atoms with Crippen LogP contribution in [0.15, 0.2) is 54.6 Å². The summed E-state index contributed by atoms with van der Waals surface area (Å²) in [7, 11) is 0. The molecule has 0 amide bonds. The van der Waals surface area contributed by atoms with E-state index in [9.17, 15) is 5.11 Å². The molecule has 2 N–H and O–H groups in total. The minimum Gasteiger partial charge on any atom is -0.481 e. The lowest BCUT2D eigenvalue weighted by Gasteiger charge is -2.24. The first-order chi connectivity index (χ1) is 9.54. The quantitative estimate of drug-likeness (QED) is 0.837. The van der Waals surface area contributed by atoms with E-state index in [4.69, 9.17) is 9.90 Å². The van der Waals surface area contributed by atoms with Crippen LogP contribution in [0.1, 0.15) is 30.0 Å². The molecule has 1 atom stereocenters. The van der Waals surface area contributed by atoms with Crippen molar-refractivity contribution in [3.63, 3.8) is 0 Å². The molecule has 1 aliphatic carbocycles. The van der Waals surface area contributed by atoms with Gasteiger partial charge in [0.2, 0.25) is 0 Å². The fraction of sp³-hybridized carbons (Fsp3) is 0.235. The Labute approximate surface area is 118 Å². The van der Waals surface area contributed by atoms with Crippen LogP contribution in [0.2, 0.25) is 0 Å². The van der Waals surface area contributed by atoms with E-state index in [1.54, 1.807) is 0 Å². The molecule has 3 rings (SSSR count). The Morgan fingerprint density at radius 2 is 1.60 bits per heavy atom. The van der Waals surface area contributed by atoms with Crippen molar-refractivity contribution in [1.82, 2.24) is 0 Å². The standard InChI is InChI=1S/C15H14O.C2H4O2/c16-15(13-7-2-1-3-8-13)11-10-12-6-4-5-9-14(12)15;1-2(3)4/h1-9,16H,10-11H2;1H3,(H,3,4). The Balaban J connectivity index is 0.000000328. The molecule has 0 spiro atoms. The van der Waals surface area contributed by atoms with Gasteiger partial charge in [0.1, 0.15) is 5.60 Å². The highest BCUT2D eigenvalue weighted by Crippen LogP contribution is 2.41. The Hall–Kier alpha value is -2.13. The van der Waals surface area contributed by atoms with E-state index in [0.29, 0.717) is 0 Å². The zero-order valence-electron chi connectivity index (χ0n) is 11.4. The van der Waals surface area contributed by atoms with Gasteiger partial charge < -0.3 is 10.2 Å². The highest BCUT2D eigenvalue weighted by Gasteiger charge is 2.37. The van der Waals surface area contributed by atoms with E-state index in [1.165, 1.54) is 5.56 Å². The molecule has 1 aliphatic rings. The number of carboxylic acids is 1. The third-order valence-electron chi connectivity index (χ3n) is 3.47. The third-order valence-corrected chi connectivity index (χ3v) is 3.47. The van der Waals surface area contributed by atoms with Gasteiger partial charge in [-0.15, -0.1) is 0 Å². The van der Waals surface area contributed by atoms with E-state index < -0.39 is 11.6 Å². The van der Waals surface area contributed by atoms with Crippen LogP contribution in [-0.2, 0) is 16.8 Å². The second-order valence-electron chi connectivity index (χ2n) is 4.90. The van der Waals surface area contributed by atoms with Crippen molar-refractivity contribution in [2.24, 2.45) is 0 Å². The van der Waals surface area contributed by atoms with Crippen LogP contribution in [0.25, 0.3) is 0 Å². The summed E-state index contributed by atoms with van der Waals surface area (Å²) in [5.74, 6) is -0.833. The first-order valence-corrected chi connectivity index (χ1v) is 6.60. The number of hydrogen-bond donors (Lipinski definition) is 2. The zero-order valence-corrected chi connectivity index (χ0v) is 11.4. The fourth-order valence-corrected chi connectivity index (χ4v) is 2.61. The SMILES string of the molecule is CC(=O)O.OC1(c2ccccc2)CCc2ccccc21. The van der Waals surface area contributed by atoms with Gasteiger partial charge in [0.15, 0.2) is 0 Å². The van der Waals surface area contributed by atoms with Gasteiger partial charge in [0.25, 0.3) is 5.97 Å². The average molecular weight is 270 g/mol. The molecule has 0 radical (unpaired) electrons. The summed E-state index contributed by atoms with van der Waals surface area (Å²) >= 11 is 0. The molecule has 0 fully saturated rings. The van der Waals surface area contributed by atoms with Gasteiger partial charge in [0, 0.05) is 6.92 Å². The molecule has 0 heterocycles. The number of carbonyl (C=O) groups is 1. The van der Waals surface area contributed by atoms with Gasteiger partial charge >= 0.3 is 0 Å². The van der Waals surface area contributed by atoms with E-state index in [2.05, 4.69) is 6.07 Å². The van der Waals surface area contributed by atoms with Gasteiger partial charge in [0.05, 0.1) is 0 Å². The third kappa shape index (κ3) is 2.89. The molecule has 1 unspecified atom stereocenters. The number of rotatable bonds is 1. The van der Waals surface area contributed by atoms with Crippen molar-refractivity contribution >= 4 is 5.97 Å². The molecular weight excluding hydrogens is 252 g/mol. The Kier molecular flexibility index (Phi) is 4.20. The number of aryl methyl sites for hydroxylation is 1. The highest BCUT2D eigenvalue weighted by molar-refractivity contribution is 5.62. The first-order valence-electron chi connectivity index (χ1n) is 6.60. The number of hydrogen-bond acceptors (Lipinski definition) is 2. The lowest BCUT2D eigenvalue weighted by atomic mass is 9.88. The summed E-state index contributed by atoms with van der Waals surface area (Å²) in [4.78, 5) is 9.00. The second kappa shape index (κ2) is 5.88. The van der Waals surface area contributed by atoms with Crippen LogP contribution in [0, 0.1) is 0 Å². The van der Waals surface area contributed by atoms with Crippen LogP contribution in [0.4, 0.5) is 0 Å². The predicted octanol–water partition coefficient (Wildman–Crippen LogP) is 2.96. The Bertz CT molecular complexity index is 588. The van der Waals surface area contributed by atoms with Crippen molar-refractivity contribution in [1.29, 1.82) is 0 Å². The number of benzene rings is 2. The maximum atomic E-state index is 10.8. The smallest absolute Gasteiger partial charge is 0.300 e. The summed E-state index contributed by atoms with van der Waals surface area (Å²) in [5.41, 5.74) is 2.56. The molecular formula is C17H18O3. The summed E-state index contributed by atoms with van der Waals surface area (Å²) in [6.45, 7) is 1.08. The molecule has 2 aromatic rings. The normalized spacial score (nSPS) is 19.7. The molecule has 0 bridgehead atoms. The zero-order chi connectivity index (χ0) is 14.6. The second-order valence-corrected chi connectivity index (χ2v) is 4.90. The van der Waals surface area contributed by atoms with Crippen LogP contribution in [-0.4, -0.2) is 16.2 Å². The maximum absolute atomic E-state index is 10.8. The Morgan fingerprint density at radius 3 is 2.25 bits per heavy atom. The van der Waals surface area contributed by atoms with E-state index in [1.807, 2.05) is 48.5 Å². The largest absolute Gasteiger partial charge is 0.481 e. The minimum absolute atomic E-state index is 0.780. The Morgan fingerprint density at radius 1 is 1.05 bits per heavy atom. The van der Waals surface area contributed by atoms with Gasteiger partial charge in [-0.1, -0.05) is 54.6 Å². The van der Waals surface area contributed by atoms with Gasteiger partial charge in [-0.05, 0) is 29.5 Å². The van der Waals surface area contributed by atoms with Crippen molar-refractivity contribution < 1.29 is 15.0 Å². The van der Waals surface area contributed by atoms with Gasteiger partial charge in [-0.3, -0.25) is 4.79 Å². The maximum Gasteiger partial charge on any atom is 0.300 e. The molecule has 104 valence electrons. The fourth-order valence-electron chi connectivity index (χ4n) is 2.61. The minimum atomic E-state index is -0.833. The van der Waals surface area contributed by atoms with E-state index >= 15 is 0 Å². The highest BCUT2D eigenvalue weighted by atomic mass is 16.4.